The predicted molar refractivity (Wildman–Crippen MR) is 25.7 cm³/mol. The first-order valence-corrected chi connectivity index (χ1v) is 2.07. The van der Waals surface area contributed by atoms with E-state index >= 15 is 0 Å². The summed E-state index contributed by atoms with van der Waals surface area (Å²) >= 11 is 0. The Bertz CT molecular complexity index is 62.7. The van der Waals surface area contributed by atoms with Gasteiger partial charge in [-0.05, 0) is 6.92 Å². The Labute approximate surface area is 42.1 Å². The Morgan fingerprint density at radius 3 is 2.29 bits per heavy atom. The zero-order valence-electron chi connectivity index (χ0n) is 4.16. The summed E-state index contributed by atoms with van der Waals surface area (Å²) in [7, 11) is 0. The van der Waals surface area contributed by atoms with E-state index in [4.69, 9.17) is 10.8 Å². The largest absolute Gasteiger partial charge is 0.391 e. The van der Waals surface area contributed by atoms with Crippen LogP contribution in [0.1, 0.15) is 6.92 Å². The molecule has 0 aliphatic heterocycles. The van der Waals surface area contributed by atoms with Crippen LogP contribution in [0.4, 0.5) is 0 Å². The van der Waals surface area contributed by atoms with Gasteiger partial charge in [-0.3, -0.25) is 0 Å². The first-order chi connectivity index (χ1) is 3.18. The van der Waals surface area contributed by atoms with Gasteiger partial charge in [-0.1, -0.05) is 0 Å². The van der Waals surface area contributed by atoms with Crippen LogP contribution in [0.25, 0.3) is 0 Å². The molecule has 0 spiro atoms. The molecule has 0 rings (SSSR count). The topological polar surface area (TPSA) is 63.3 Å². The minimum Gasteiger partial charge on any atom is -0.391 e. The van der Waals surface area contributed by atoms with E-state index in [2.05, 4.69) is 0 Å². The number of nitrogens with two attached hydrogens (primary N) is 1. The van der Waals surface area contributed by atoms with Crippen molar-refractivity contribution in [2.75, 3.05) is 0 Å². The van der Waals surface area contributed by atoms with Crippen LogP contribution in [0.15, 0.2) is 0 Å². The standard InChI is InChI=1S/C4H9NO2/c1-3(7)4(5)2-6/h2-4,7H,5H2,1H3/t3?,4-/m1/s1. The fraction of sp³-hybridized carbons (Fsp3) is 0.750. The molecular weight excluding hydrogens is 94.0 g/mol. The smallest absolute Gasteiger partial charge is 0.139 e. The van der Waals surface area contributed by atoms with Crippen LogP contribution < -0.4 is 5.73 Å². The Morgan fingerprint density at radius 2 is 2.29 bits per heavy atom. The highest BCUT2D eigenvalue weighted by atomic mass is 16.3. The summed E-state index contributed by atoms with van der Waals surface area (Å²) in [5, 5.41) is 8.46. The highest BCUT2D eigenvalue weighted by Crippen LogP contribution is 1.80. The Morgan fingerprint density at radius 1 is 1.86 bits per heavy atom. The molecule has 42 valence electrons. The molecule has 0 aromatic carbocycles. The van der Waals surface area contributed by atoms with E-state index in [-0.39, 0.29) is 0 Å². The monoisotopic (exact) mass is 103 g/mol. The second kappa shape index (κ2) is 2.71. The molecule has 0 aliphatic rings. The van der Waals surface area contributed by atoms with Crippen molar-refractivity contribution in [3.05, 3.63) is 0 Å². The van der Waals surface area contributed by atoms with E-state index in [1.807, 2.05) is 0 Å². The van der Waals surface area contributed by atoms with Crippen molar-refractivity contribution in [2.45, 2.75) is 19.1 Å². The van der Waals surface area contributed by atoms with E-state index in [9.17, 15) is 4.79 Å². The highest BCUT2D eigenvalue weighted by Gasteiger charge is 2.04. The molecular formula is C4H9NO2. The number of hydrogen-bond acceptors (Lipinski definition) is 3. The number of aldehydes is 1. The first kappa shape index (κ1) is 6.59. The maximum atomic E-state index is 9.66. The summed E-state index contributed by atoms with van der Waals surface area (Å²) in [6.45, 7) is 1.47. The van der Waals surface area contributed by atoms with Crippen LogP contribution >= 0.6 is 0 Å². The van der Waals surface area contributed by atoms with Gasteiger partial charge >= 0.3 is 0 Å². The number of carbonyl (C=O) groups excluding carboxylic acids is 1. The lowest BCUT2D eigenvalue weighted by Gasteiger charge is -2.03. The number of aliphatic hydroxyl groups excluding tert-OH is 1. The van der Waals surface area contributed by atoms with Gasteiger partial charge in [0.15, 0.2) is 0 Å². The zero-order chi connectivity index (χ0) is 5.86. The van der Waals surface area contributed by atoms with Crippen molar-refractivity contribution >= 4 is 6.29 Å². The van der Waals surface area contributed by atoms with Crippen LogP contribution in [0.3, 0.4) is 0 Å². The summed E-state index contributed by atoms with van der Waals surface area (Å²) in [6, 6.07) is -0.722. The third-order valence-electron chi connectivity index (χ3n) is 0.714. The van der Waals surface area contributed by atoms with Gasteiger partial charge in [0.1, 0.15) is 6.29 Å². The molecule has 7 heavy (non-hydrogen) atoms. The fourth-order valence-corrected chi connectivity index (χ4v) is 0.114. The second-order valence-corrected chi connectivity index (χ2v) is 1.45. The molecule has 0 bridgehead atoms. The van der Waals surface area contributed by atoms with Crippen LogP contribution in [0.5, 0.6) is 0 Å². The molecule has 0 aromatic rings. The van der Waals surface area contributed by atoms with E-state index < -0.39 is 12.1 Å². The normalized spacial score (nSPS) is 18.1. The molecule has 0 aliphatic carbocycles. The molecule has 2 atom stereocenters. The van der Waals surface area contributed by atoms with Gasteiger partial charge < -0.3 is 15.6 Å². The van der Waals surface area contributed by atoms with Crippen LogP contribution in [0, 0.1) is 0 Å². The fourth-order valence-electron chi connectivity index (χ4n) is 0.114. The van der Waals surface area contributed by atoms with Gasteiger partial charge in [0.05, 0.1) is 12.1 Å². The third-order valence-corrected chi connectivity index (χ3v) is 0.714. The summed E-state index contributed by atoms with van der Waals surface area (Å²) in [5.74, 6) is 0. The van der Waals surface area contributed by atoms with Crippen LogP contribution in [0.2, 0.25) is 0 Å². The van der Waals surface area contributed by atoms with E-state index in [0.717, 1.165) is 0 Å². The Balaban J connectivity index is 3.33. The number of aliphatic hydroxyl groups is 1. The molecule has 3 N–H and O–H groups in total. The lowest BCUT2D eigenvalue weighted by Crippen LogP contribution is -2.33. The average molecular weight is 103 g/mol. The molecule has 0 fully saturated rings. The van der Waals surface area contributed by atoms with Crippen LogP contribution in [-0.2, 0) is 4.79 Å². The van der Waals surface area contributed by atoms with Crippen molar-refractivity contribution in [3.8, 4) is 0 Å². The predicted octanol–water partition coefficient (Wildman–Crippen LogP) is -1.11. The number of carbonyl (C=O) groups is 1. The summed E-state index contributed by atoms with van der Waals surface area (Å²) in [5.41, 5.74) is 5.00. The molecule has 0 saturated carbocycles. The van der Waals surface area contributed by atoms with Gasteiger partial charge in [-0.15, -0.1) is 0 Å². The molecule has 3 heteroatoms. The molecule has 3 nitrogen and oxygen atoms in total. The molecule has 0 heterocycles. The van der Waals surface area contributed by atoms with Gasteiger partial charge in [0.25, 0.3) is 0 Å². The van der Waals surface area contributed by atoms with Gasteiger partial charge in [0.2, 0.25) is 0 Å². The van der Waals surface area contributed by atoms with Crippen molar-refractivity contribution in [3.63, 3.8) is 0 Å². The molecule has 0 amide bonds. The quantitative estimate of drug-likeness (QED) is 0.436. The maximum Gasteiger partial charge on any atom is 0.139 e. The van der Waals surface area contributed by atoms with Gasteiger partial charge in [0, 0.05) is 0 Å². The van der Waals surface area contributed by atoms with Crippen molar-refractivity contribution in [1.82, 2.24) is 0 Å². The maximum absolute atomic E-state index is 9.66. The Kier molecular flexibility index (Phi) is 2.55. The Hall–Kier alpha value is -0.410. The van der Waals surface area contributed by atoms with Crippen LogP contribution in [-0.4, -0.2) is 23.5 Å². The molecule has 0 saturated heterocycles. The van der Waals surface area contributed by atoms with Gasteiger partial charge in [-0.25, -0.2) is 0 Å². The zero-order valence-corrected chi connectivity index (χ0v) is 4.16. The molecule has 1 unspecified atom stereocenters. The number of hydrogen-bond donors (Lipinski definition) is 2. The second-order valence-electron chi connectivity index (χ2n) is 1.45. The highest BCUT2D eigenvalue weighted by molar-refractivity contribution is 5.57. The SMILES string of the molecule is CC(O)[C@H](N)C=O. The van der Waals surface area contributed by atoms with E-state index in [1.54, 1.807) is 0 Å². The molecule has 0 radical (unpaired) electrons. The lowest BCUT2D eigenvalue weighted by molar-refractivity contribution is -0.110. The van der Waals surface area contributed by atoms with Crippen molar-refractivity contribution in [2.24, 2.45) is 5.73 Å². The third kappa shape index (κ3) is 2.31. The minimum absolute atomic E-state index is 0.519. The van der Waals surface area contributed by atoms with Crippen molar-refractivity contribution < 1.29 is 9.90 Å². The molecule has 0 aromatic heterocycles. The summed E-state index contributed by atoms with van der Waals surface area (Å²) in [6.07, 6.45) is -0.206. The summed E-state index contributed by atoms with van der Waals surface area (Å²) in [4.78, 5) is 9.66. The lowest BCUT2D eigenvalue weighted by atomic mass is 10.2. The number of rotatable bonds is 2. The first-order valence-electron chi connectivity index (χ1n) is 2.07. The average Bonchev–Trinajstić information content (AvgIpc) is 1.65. The van der Waals surface area contributed by atoms with E-state index in [0.29, 0.717) is 6.29 Å². The summed E-state index contributed by atoms with van der Waals surface area (Å²) < 4.78 is 0. The minimum atomic E-state index is -0.725. The van der Waals surface area contributed by atoms with Crippen molar-refractivity contribution in [1.29, 1.82) is 0 Å². The van der Waals surface area contributed by atoms with Gasteiger partial charge in [-0.2, -0.15) is 0 Å². The van der Waals surface area contributed by atoms with E-state index in [1.165, 1.54) is 6.92 Å².